The molecule has 0 bridgehead atoms. The fraction of sp³-hybridized carbons (Fsp3) is 0.318. The van der Waals surface area contributed by atoms with Crippen molar-refractivity contribution in [2.24, 2.45) is 0 Å². The maximum atomic E-state index is 12.2. The van der Waals surface area contributed by atoms with Crippen molar-refractivity contribution in [3.8, 4) is 5.75 Å². The number of fused-ring (bicyclic) bond motifs is 1. The molecule has 0 saturated heterocycles. The summed E-state index contributed by atoms with van der Waals surface area (Å²) in [7, 11) is 1.64. The number of rotatable bonds is 5. The normalized spacial score (nSPS) is 14.8. The third kappa shape index (κ3) is 4.50. The molecule has 25 heavy (non-hydrogen) atoms. The van der Waals surface area contributed by atoms with Crippen LogP contribution in [0, 0.1) is 0 Å². The van der Waals surface area contributed by atoms with E-state index in [4.69, 9.17) is 4.74 Å². The molecule has 0 radical (unpaired) electrons. The molecule has 0 heterocycles. The Morgan fingerprint density at radius 2 is 1.80 bits per heavy atom. The lowest BCUT2D eigenvalue weighted by Gasteiger charge is -2.19. The molecule has 2 aromatic carbocycles. The number of aryl methyl sites for hydroxylation is 2. The molecule has 0 spiro atoms. The van der Waals surface area contributed by atoms with Crippen molar-refractivity contribution in [2.45, 2.75) is 38.6 Å². The Hall–Kier alpha value is -2.55. The summed E-state index contributed by atoms with van der Waals surface area (Å²) in [6, 6.07) is 14.2. The summed E-state index contributed by atoms with van der Waals surface area (Å²) in [5, 5.41) is 3.05. The summed E-state index contributed by atoms with van der Waals surface area (Å²) in [5.74, 6) is 0.726. The monoisotopic (exact) mass is 335 g/mol. The summed E-state index contributed by atoms with van der Waals surface area (Å²) in [6.45, 7) is 2.03. The lowest BCUT2D eigenvalue weighted by atomic mass is 9.89. The zero-order valence-electron chi connectivity index (χ0n) is 14.9. The van der Waals surface area contributed by atoms with Crippen molar-refractivity contribution in [3.63, 3.8) is 0 Å². The van der Waals surface area contributed by atoms with Gasteiger partial charge in [-0.2, -0.15) is 0 Å². The Balaban J connectivity index is 1.60. The highest BCUT2D eigenvalue weighted by Gasteiger charge is 2.13. The van der Waals surface area contributed by atoms with Crippen LogP contribution in [0.3, 0.4) is 0 Å². The summed E-state index contributed by atoms with van der Waals surface area (Å²) in [6.07, 6.45) is 8.28. The zero-order chi connectivity index (χ0) is 17.6. The van der Waals surface area contributed by atoms with Crippen LogP contribution in [-0.2, 0) is 17.6 Å². The van der Waals surface area contributed by atoms with Crippen LogP contribution in [0.15, 0.2) is 48.5 Å². The highest BCUT2D eigenvalue weighted by molar-refractivity contribution is 5.92. The molecule has 1 atom stereocenters. The number of amides is 1. The third-order valence-electron chi connectivity index (χ3n) is 4.77. The molecule has 1 amide bonds. The standard InChI is InChI=1S/C22H25NO2/c1-16(19-11-10-18-5-3-4-6-20(18)15-19)23-22(24)14-9-17-7-12-21(25-2)13-8-17/h7-16H,3-6H2,1-2H3,(H,23,24)/b14-9+. The predicted octanol–water partition coefficient (Wildman–Crippen LogP) is 4.46. The van der Waals surface area contributed by atoms with Crippen LogP contribution in [0.1, 0.15) is 48.1 Å². The molecule has 0 aromatic heterocycles. The van der Waals surface area contributed by atoms with Crippen molar-refractivity contribution in [1.82, 2.24) is 5.32 Å². The smallest absolute Gasteiger partial charge is 0.244 e. The molecule has 0 aliphatic heterocycles. The number of carbonyl (C=O) groups excluding carboxylic acids is 1. The van der Waals surface area contributed by atoms with E-state index >= 15 is 0 Å². The van der Waals surface area contributed by atoms with E-state index in [1.165, 1.54) is 36.0 Å². The van der Waals surface area contributed by atoms with E-state index in [1.807, 2.05) is 37.3 Å². The van der Waals surface area contributed by atoms with Crippen LogP contribution in [0.5, 0.6) is 5.75 Å². The molecule has 1 N–H and O–H groups in total. The van der Waals surface area contributed by atoms with E-state index < -0.39 is 0 Å². The lowest BCUT2D eigenvalue weighted by Crippen LogP contribution is -2.24. The van der Waals surface area contributed by atoms with E-state index in [9.17, 15) is 4.79 Å². The fourth-order valence-corrected chi connectivity index (χ4v) is 3.25. The number of ether oxygens (including phenoxy) is 1. The van der Waals surface area contributed by atoms with Gasteiger partial charge in [-0.15, -0.1) is 0 Å². The first-order chi connectivity index (χ1) is 12.2. The van der Waals surface area contributed by atoms with Crippen LogP contribution < -0.4 is 10.1 Å². The average molecular weight is 335 g/mol. The SMILES string of the molecule is COc1ccc(/C=C/C(=O)NC(C)c2ccc3c(c2)CCCC3)cc1. The fourth-order valence-electron chi connectivity index (χ4n) is 3.25. The van der Waals surface area contributed by atoms with Crippen LogP contribution >= 0.6 is 0 Å². The molecule has 3 rings (SSSR count). The van der Waals surface area contributed by atoms with E-state index in [2.05, 4.69) is 23.5 Å². The van der Waals surface area contributed by atoms with Gasteiger partial charge in [0.15, 0.2) is 0 Å². The molecule has 2 aromatic rings. The Morgan fingerprint density at radius 1 is 1.08 bits per heavy atom. The second-order valence-corrected chi connectivity index (χ2v) is 6.57. The second-order valence-electron chi connectivity index (χ2n) is 6.57. The zero-order valence-corrected chi connectivity index (χ0v) is 14.9. The number of hydrogen-bond donors (Lipinski definition) is 1. The van der Waals surface area contributed by atoms with Crippen molar-refractivity contribution < 1.29 is 9.53 Å². The van der Waals surface area contributed by atoms with Crippen molar-refractivity contribution >= 4 is 12.0 Å². The van der Waals surface area contributed by atoms with Gasteiger partial charge in [-0.05, 0) is 73.1 Å². The number of carbonyl (C=O) groups is 1. The average Bonchev–Trinajstić information content (AvgIpc) is 2.66. The van der Waals surface area contributed by atoms with Gasteiger partial charge in [0, 0.05) is 6.08 Å². The molecule has 3 nitrogen and oxygen atoms in total. The molecule has 1 aliphatic carbocycles. The summed E-state index contributed by atoms with van der Waals surface area (Å²) in [4.78, 5) is 12.2. The number of methoxy groups -OCH3 is 1. The van der Waals surface area contributed by atoms with E-state index in [0.717, 1.165) is 17.7 Å². The van der Waals surface area contributed by atoms with Crippen LogP contribution in [0.4, 0.5) is 0 Å². The molecule has 1 unspecified atom stereocenters. The first kappa shape index (κ1) is 17.3. The maximum absolute atomic E-state index is 12.2. The Bertz CT molecular complexity index is 762. The molecule has 130 valence electrons. The maximum Gasteiger partial charge on any atom is 0.244 e. The highest BCUT2D eigenvalue weighted by Crippen LogP contribution is 2.24. The number of nitrogens with one attached hydrogen (secondary N) is 1. The van der Waals surface area contributed by atoms with E-state index in [-0.39, 0.29) is 11.9 Å². The largest absolute Gasteiger partial charge is 0.497 e. The van der Waals surface area contributed by atoms with Gasteiger partial charge >= 0.3 is 0 Å². The molecule has 0 saturated carbocycles. The van der Waals surface area contributed by atoms with Gasteiger partial charge in [0.1, 0.15) is 5.75 Å². The molecular weight excluding hydrogens is 310 g/mol. The second kappa shape index (κ2) is 8.02. The summed E-state index contributed by atoms with van der Waals surface area (Å²) >= 11 is 0. The van der Waals surface area contributed by atoms with Gasteiger partial charge in [-0.25, -0.2) is 0 Å². The van der Waals surface area contributed by atoms with Gasteiger partial charge in [0.2, 0.25) is 5.91 Å². The van der Waals surface area contributed by atoms with Crippen molar-refractivity contribution in [3.05, 3.63) is 70.8 Å². The first-order valence-corrected chi connectivity index (χ1v) is 8.90. The summed E-state index contributed by atoms with van der Waals surface area (Å²) in [5.41, 5.74) is 5.05. The quantitative estimate of drug-likeness (QED) is 0.819. The molecule has 3 heteroatoms. The van der Waals surface area contributed by atoms with Crippen molar-refractivity contribution in [1.29, 1.82) is 0 Å². The van der Waals surface area contributed by atoms with E-state index in [0.29, 0.717) is 0 Å². The third-order valence-corrected chi connectivity index (χ3v) is 4.77. The minimum absolute atomic E-state index is 0.000226. The Morgan fingerprint density at radius 3 is 2.52 bits per heavy atom. The minimum atomic E-state index is -0.0824. The molecule has 0 fully saturated rings. The van der Waals surface area contributed by atoms with Gasteiger partial charge in [-0.1, -0.05) is 30.3 Å². The van der Waals surface area contributed by atoms with Gasteiger partial charge in [0.25, 0.3) is 0 Å². The lowest BCUT2D eigenvalue weighted by molar-refractivity contribution is -0.117. The van der Waals surface area contributed by atoms with Gasteiger partial charge < -0.3 is 10.1 Å². The minimum Gasteiger partial charge on any atom is -0.497 e. The van der Waals surface area contributed by atoms with Crippen LogP contribution in [-0.4, -0.2) is 13.0 Å². The first-order valence-electron chi connectivity index (χ1n) is 8.90. The number of hydrogen-bond acceptors (Lipinski definition) is 2. The van der Waals surface area contributed by atoms with Gasteiger partial charge in [0.05, 0.1) is 13.2 Å². The van der Waals surface area contributed by atoms with Crippen molar-refractivity contribution in [2.75, 3.05) is 7.11 Å². The Labute approximate surface area is 149 Å². The molecular formula is C22H25NO2. The predicted molar refractivity (Wildman–Crippen MR) is 102 cm³/mol. The van der Waals surface area contributed by atoms with Gasteiger partial charge in [-0.3, -0.25) is 4.79 Å². The topological polar surface area (TPSA) is 38.3 Å². The van der Waals surface area contributed by atoms with Crippen LogP contribution in [0.25, 0.3) is 6.08 Å². The highest BCUT2D eigenvalue weighted by atomic mass is 16.5. The Kier molecular flexibility index (Phi) is 5.54. The molecule has 1 aliphatic rings. The summed E-state index contributed by atoms with van der Waals surface area (Å²) < 4.78 is 5.13. The van der Waals surface area contributed by atoms with E-state index in [1.54, 1.807) is 13.2 Å². The number of benzene rings is 2. The van der Waals surface area contributed by atoms with Crippen LogP contribution in [0.2, 0.25) is 0 Å².